The van der Waals surface area contributed by atoms with Gasteiger partial charge in [-0.1, -0.05) is 42.5 Å². The Morgan fingerprint density at radius 1 is 1.14 bits per heavy atom. The average Bonchev–Trinajstić information content (AvgIpc) is 3.23. The van der Waals surface area contributed by atoms with E-state index in [1.807, 2.05) is 60.0 Å². The lowest BCUT2D eigenvalue weighted by molar-refractivity contribution is -0.116. The summed E-state index contributed by atoms with van der Waals surface area (Å²) in [6.07, 6.45) is 2.29. The van der Waals surface area contributed by atoms with Gasteiger partial charge in [-0.25, -0.2) is 4.98 Å². The van der Waals surface area contributed by atoms with E-state index in [9.17, 15) is 9.59 Å². The number of carbonyl (C=O) groups excluding carboxylic acids is 2. The van der Waals surface area contributed by atoms with Gasteiger partial charge in [0.25, 0.3) is 5.91 Å². The van der Waals surface area contributed by atoms with Crippen molar-refractivity contribution in [3.8, 4) is 0 Å². The van der Waals surface area contributed by atoms with Crippen LogP contribution in [0.1, 0.15) is 34.9 Å². The van der Waals surface area contributed by atoms with Crippen molar-refractivity contribution in [1.82, 2.24) is 9.88 Å². The van der Waals surface area contributed by atoms with Crippen molar-refractivity contribution in [2.24, 2.45) is 0 Å². The summed E-state index contributed by atoms with van der Waals surface area (Å²) in [6.45, 7) is 0.477. The SMILES string of the molecule is O=C(CCCN1C(=O)c2ccccc2NC1c1ccccc1)Nc1nccs1. The fourth-order valence-electron chi connectivity index (χ4n) is 3.30. The first-order valence-electron chi connectivity index (χ1n) is 9.13. The van der Waals surface area contributed by atoms with Gasteiger partial charge in [0.05, 0.1) is 5.56 Å². The molecule has 2 heterocycles. The zero-order valence-electron chi connectivity index (χ0n) is 15.2. The molecule has 1 atom stereocenters. The van der Waals surface area contributed by atoms with E-state index in [4.69, 9.17) is 0 Å². The molecule has 0 fully saturated rings. The van der Waals surface area contributed by atoms with E-state index in [0.29, 0.717) is 30.1 Å². The minimum absolute atomic E-state index is 0.0245. The lowest BCUT2D eigenvalue weighted by atomic mass is 10.0. The van der Waals surface area contributed by atoms with E-state index in [0.717, 1.165) is 11.3 Å². The van der Waals surface area contributed by atoms with Crippen molar-refractivity contribution in [3.05, 3.63) is 77.3 Å². The molecular formula is C21H20N4O2S. The number of aromatic nitrogens is 1. The first kappa shape index (κ1) is 18.2. The topological polar surface area (TPSA) is 74.3 Å². The van der Waals surface area contributed by atoms with Crippen LogP contribution < -0.4 is 10.6 Å². The lowest BCUT2D eigenvalue weighted by Gasteiger charge is -2.38. The Morgan fingerprint density at radius 2 is 1.93 bits per heavy atom. The summed E-state index contributed by atoms with van der Waals surface area (Å²) in [5, 5.41) is 8.65. The van der Waals surface area contributed by atoms with Crippen LogP contribution in [0.25, 0.3) is 0 Å². The summed E-state index contributed by atoms with van der Waals surface area (Å²) in [5.41, 5.74) is 2.50. The van der Waals surface area contributed by atoms with Crippen molar-refractivity contribution < 1.29 is 9.59 Å². The van der Waals surface area contributed by atoms with Crippen LogP contribution in [0.15, 0.2) is 66.2 Å². The highest BCUT2D eigenvalue weighted by Crippen LogP contribution is 2.33. The molecule has 7 heteroatoms. The summed E-state index contributed by atoms with van der Waals surface area (Å²) in [6, 6.07) is 17.4. The molecule has 0 saturated heterocycles. The molecule has 0 radical (unpaired) electrons. The number of hydrogen-bond donors (Lipinski definition) is 2. The summed E-state index contributed by atoms with van der Waals surface area (Å²) >= 11 is 1.39. The number of rotatable bonds is 6. The van der Waals surface area contributed by atoms with Crippen LogP contribution >= 0.6 is 11.3 Å². The van der Waals surface area contributed by atoms with Gasteiger partial charge in [-0.05, 0) is 24.1 Å². The minimum atomic E-state index is -0.259. The van der Waals surface area contributed by atoms with Gasteiger partial charge in [0, 0.05) is 30.2 Å². The predicted molar refractivity (Wildman–Crippen MR) is 110 cm³/mol. The molecule has 1 aromatic heterocycles. The number of thiazole rings is 1. The molecular weight excluding hydrogens is 372 g/mol. The number of nitrogens with zero attached hydrogens (tertiary/aromatic N) is 2. The maximum atomic E-state index is 13.1. The van der Waals surface area contributed by atoms with E-state index in [2.05, 4.69) is 15.6 Å². The smallest absolute Gasteiger partial charge is 0.257 e. The summed E-state index contributed by atoms with van der Waals surface area (Å²) in [4.78, 5) is 31.1. The van der Waals surface area contributed by atoms with Gasteiger partial charge in [-0.2, -0.15) is 0 Å². The zero-order chi connectivity index (χ0) is 19.3. The average molecular weight is 392 g/mol. The number of nitrogens with one attached hydrogen (secondary N) is 2. The molecule has 4 rings (SSSR count). The third kappa shape index (κ3) is 3.89. The maximum absolute atomic E-state index is 13.1. The van der Waals surface area contributed by atoms with Crippen molar-refractivity contribution in [2.45, 2.75) is 19.0 Å². The standard InChI is InChI=1S/C21H20N4O2S/c26-18(24-21-22-12-14-28-21)11-6-13-25-19(15-7-2-1-3-8-15)23-17-10-5-4-9-16(17)20(25)27/h1-5,7-10,12,14,19,23H,6,11,13H2,(H,22,24,26). The molecule has 1 aliphatic rings. The van der Waals surface area contributed by atoms with Crippen LogP contribution in [0.2, 0.25) is 0 Å². The molecule has 2 amide bonds. The van der Waals surface area contributed by atoms with Crippen LogP contribution in [0.3, 0.4) is 0 Å². The monoisotopic (exact) mass is 392 g/mol. The second-order valence-electron chi connectivity index (χ2n) is 6.49. The number of hydrogen-bond acceptors (Lipinski definition) is 5. The first-order chi connectivity index (χ1) is 13.7. The minimum Gasteiger partial charge on any atom is -0.361 e. The Bertz CT molecular complexity index is 960. The molecule has 28 heavy (non-hydrogen) atoms. The van der Waals surface area contributed by atoms with E-state index >= 15 is 0 Å². The van der Waals surface area contributed by atoms with Crippen LogP contribution in [-0.4, -0.2) is 28.2 Å². The Labute approximate surface area is 167 Å². The van der Waals surface area contributed by atoms with Gasteiger partial charge in [0.1, 0.15) is 6.17 Å². The van der Waals surface area contributed by atoms with Gasteiger partial charge in [0.15, 0.2) is 5.13 Å². The van der Waals surface area contributed by atoms with Crippen molar-refractivity contribution in [3.63, 3.8) is 0 Å². The molecule has 3 aromatic rings. The lowest BCUT2D eigenvalue weighted by Crippen LogP contribution is -2.43. The van der Waals surface area contributed by atoms with Crippen LogP contribution in [0.4, 0.5) is 10.8 Å². The third-order valence-corrected chi connectivity index (χ3v) is 5.31. The highest BCUT2D eigenvalue weighted by Gasteiger charge is 2.32. The second kappa shape index (κ2) is 8.22. The van der Waals surface area contributed by atoms with Gasteiger partial charge in [-0.15, -0.1) is 11.3 Å². The molecule has 6 nitrogen and oxygen atoms in total. The highest BCUT2D eigenvalue weighted by molar-refractivity contribution is 7.13. The number of anilines is 2. The number of amides is 2. The molecule has 0 aliphatic carbocycles. The summed E-state index contributed by atoms with van der Waals surface area (Å²) in [5.74, 6) is -0.118. The molecule has 0 bridgehead atoms. The van der Waals surface area contributed by atoms with Crippen LogP contribution in [0, 0.1) is 0 Å². The van der Waals surface area contributed by atoms with Crippen molar-refractivity contribution in [2.75, 3.05) is 17.2 Å². The molecule has 2 aromatic carbocycles. The Kier molecular flexibility index (Phi) is 5.34. The zero-order valence-corrected chi connectivity index (χ0v) is 16.0. The summed E-state index contributed by atoms with van der Waals surface area (Å²) < 4.78 is 0. The van der Waals surface area contributed by atoms with Gasteiger partial charge in [-0.3, -0.25) is 9.59 Å². The Balaban J connectivity index is 1.48. The van der Waals surface area contributed by atoms with Crippen LogP contribution in [0.5, 0.6) is 0 Å². The highest BCUT2D eigenvalue weighted by atomic mass is 32.1. The third-order valence-electron chi connectivity index (χ3n) is 4.62. The Hall–Kier alpha value is -3.19. The first-order valence-corrected chi connectivity index (χ1v) is 10.0. The van der Waals surface area contributed by atoms with Crippen LogP contribution in [-0.2, 0) is 4.79 Å². The number of carbonyl (C=O) groups is 2. The van der Waals surface area contributed by atoms with E-state index in [1.54, 1.807) is 11.1 Å². The number of fused-ring (bicyclic) bond motifs is 1. The second-order valence-corrected chi connectivity index (χ2v) is 7.39. The van der Waals surface area contributed by atoms with Gasteiger partial charge >= 0.3 is 0 Å². The van der Waals surface area contributed by atoms with Crippen molar-refractivity contribution >= 4 is 34.0 Å². The molecule has 1 unspecified atom stereocenters. The number of benzene rings is 2. The normalized spacial score (nSPS) is 15.6. The quantitative estimate of drug-likeness (QED) is 0.661. The van der Waals surface area contributed by atoms with E-state index in [-0.39, 0.29) is 18.0 Å². The molecule has 142 valence electrons. The molecule has 2 N–H and O–H groups in total. The Morgan fingerprint density at radius 3 is 2.71 bits per heavy atom. The fraction of sp³-hybridized carbons (Fsp3) is 0.190. The fourth-order valence-corrected chi connectivity index (χ4v) is 3.84. The van der Waals surface area contributed by atoms with E-state index < -0.39 is 0 Å². The predicted octanol–water partition coefficient (Wildman–Crippen LogP) is 4.13. The summed E-state index contributed by atoms with van der Waals surface area (Å²) in [7, 11) is 0. The molecule has 0 saturated carbocycles. The van der Waals surface area contributed by atoms with Crippen molar-refractivity contribution in [1.29, 1.82) is 0 Å². The number of para-hydroxylation sites is 1. The largest absolute Gasteiger partial charge is 0.361 e. The molecule has 1 aliphatic heterocycles. The molecule has 0 spiro atoms. The van der Waals surface area contributed by atoms with Gasteiger partial charge in [0.2, 0.25) is 5.91 Å². The van der Waals surface area contributed by atoms with E-state index in [1.165, 1.54) is 11.3 Å². The van der Waals surface area contributed by atoms with Gasteiger partial charge < -0.3 is 15.5 Å². The maximum Gasteiger partial charge on any atom is 0.257 e.